The maximum atomic E-state index is 13.1. The van der Waals surface area contributed by atoms with Gasteiger partial charge < -0.3 is 5.32 Å². The number of hydrogen-bond donors (Lipinski definition) is 1. The second-order valence-electron chi connectivity index (χ2n) is 6.18. The summed E-state index contributed by atoms with van der Waals surface area (Å²) in [4.78, 5) is 11.8. The van der Waals surface area contributed by atoms with Gasteiger partial charge in [0.25, 0.3) is 0 Å². The van der Waals surface area contributed by atoms with Gasteiger partial charge in [0.15, 0.2) is 0 Å². The Labute approximate surface area is 154 Å². The number of rotatable bonds is 3. The minimum absolute atomic E-state index is 0.0904. The SMILES string of the molecule is CNC(=O)[C@@H]1Cc2ccccc2CN1S(=O)(=O)c1cccc(C(F)(F)F)c1. The van der Waals surface area contributed by atoms with E-state index < -0.39 is 38.6 Å². The molecule has 1 atom stereocenters. The monoisotopic (exact) mass is 398 g/mol. The Kier molecular flexibility index (Phi) is 5.00. The number of hydrogen-bond acceptors (Lipinski definition) is 3. The number of nitrogens with zero attached hydrogens (tertiary/aromatic N) is 1. The maximum absolute atomic E-state index is 13.1. The predicted molar refractivity (Wildman–Crippen MR) is 92.2 cm³/mol. The molecular formula is C18H17F3N2O3S. The van der Waals surface area contributed by atoms with Crippen LogP contribution in [0.5, 0.6) is 0 Å². The normalized spacial score (nSPS) is 18.0. The number of likely N-dealkylation sites (N-methyl/N-ethyl adjacent to an activating group) is 1. The van der Waals surface area contributed by atoms with E-state index in [9.17, 15) is 26.4 Å². The van der Waals surface area contributed by atoms with Crippen LogP contribution < -0.4 is 5.32 Å². The maximum Gasteiger partial charge on any atom is 0.416 e. The van der Waals surface area contributed by atoms with Gasteiger partial charge >= 0.3 is 6.18 Å². The lowest BCUT2D eigenvalue weighted by Crippen LogP contribution is -2.51. The van der Waals surface area contributed by atoms with Gasteiger partial charge in [0, 0.05) is 13.6 Å². The van der Waals surface area contributed by atoms with Gasteiger partial charge in [-0.3, -0.25) is 4.79 Å². The molecule has 2 aromatic carbocycles. The summed E-state index contributed by atoms with van der Waals surface area (Å²) in [5, 5.41) is 2.43. The van der Waals surface area contributed by atoms with Crippen LogP contribution in [-0.2, 0) is 34.0 Å². The average Bonchev–Trinajstić information content (AvgIpc) is 2.65. The standard InChI is InChI=1S/C18H17F3N2O3S/c1-22-17(24)16-9-12-5-2-3-6-13(12)11-23(16)27(25,26)15-8-4-7-14(10-15)18(19,20)21/h2-8,10,16H,9,11H2,1H3,(H,22,24)/t16-/m0/s1. The minimum atomic E-state index is -4.67. The Hall–Kier alpha value is -2.39. The van der Waals surface area contributed by atoms with E-state index in [0.717, 1.165) is 28.1 Å². The lowest BCUT2D eigenvalue weighted by Gasteiger charge is -2.34. The number of amides is 1. The summed E-state index contributed by atoms with van der Waals surface area (Å²) >= 11 is 0. The highest BCUT2D eigenvalue weighted by molar-refractivity contribution is 7.89. The first kappa shape index (κ1) is 19.4. The number of alkyl halides is 3. The molecule has 1 aliphatic rings. The fourth-order valence-corrected chi connectivity index (χ4v) is 4.72. The first-order valence-corrected chi connectivity index (χ1v) is 9.56. The summed E-state index contributed by atoms with van der Waals surface area (Å²) < 4.78 is 66.1. The van der Waals surface area contributed by atoms with Crippen LogP contribution >= 0.6 is 0 Å². The Bertz CT molecular complexity index is 974. The largest absolute Gasteiger partial charge is 0.416 e. The summed E-state index contributed by atoms with van der Waals surface area (Å²) in [6.07, 6.45) is -4.52. The lowest BCUT2D eigenvalue weighted by atomic mass is 9.95. The molecule has 1 N–H and O–H groups in total. The van der Waals surface area contributed by atoms with E-state index in [-0.39, 0.29) is 13.0 Å². The van der Waals surface area contributed by atoms with Gasteiger partial charge in [0.05, 0.1) is 10.5 Å². The van der Waals surface area contributed by atoms with Crippen molar-refractivity contribution in [3.8, 4) is 0 Å². The van der Waals surface area contributed by atoms with Crippen molar-refractivity contribution in [1.82, 2.24) is 9.62 Å². The van der Waals surface area contributed by atoms with Crippen molar-refractivity contribution in [2.45, 2.75) is 30.1 Å². The van der Waals surface area contributed by atoms with Crippen LogP contribution in [0.2, 0.25) is 0 Å². The fourth-order valence-electron chi connectivity index (χ4n) is 3.11. The number of benzene rings is 2. The third-order valence-corrected chi connectivity index (χ3v) is 6.37. The number of sulfonamides is 1. The summed E-state index contributed by atoms with van der Waals surface area (Å²) in [5.41, 5.74) is 0.493. The number of carbonyl (C=O) groups is 1. The van der Waals surface area contributed by atoms with Crippen LogP contribution in [0.1, 0.15) is 16.7 Å². The topological polar surface area (TPSA) is 66.5 Å². The van der Waals surface area contributed by atoms with Crippen LogP contribution in [0.15, 0.2) is 53.4 Å². The molecule has 1 amide bonds. The third kappa shape index (κ3) is 3.70. The fraction of sp³-hybridized carbons (Fsp3) is 0.278. The summed E-state index contributed by atoms with van der Waals surface area (Å²) in [6.45, 7) is -0.0904. The molecule has 9 heteroatoms. The van der Waals surface area contributed by atoms with Gasteiger partial charge in [-0.25, -0.2) is 8.42 Å². The summed E-state index contributed by atoms with van der Waals surface area (Å²) in [7, 11) is -2.93. The van der Waals surface area contributed by atoms with E-state index in [4.69, 9.17) is 0 Å². The van der Waals surface area contributed by atoms with E-state index in [1.165, 1.54) is 7.05 Å². The Balaban J connectivity index is 2.07. The van der Waals surface area contributed by atoms with Crippen LogP contribution in [0.25, 0.3) is 0 Å². The molecule has 0 saturated carbocycles. The second-order valence-corrected chi connectivity index (χ2v) is 8.07. The number of halogens is 3. The molecule has 27 heavy (non-hydrogen) atoms. The van der Waals surface area contributed by atoms with E-state index >= 15 is 0 Å². The molecule has 144 valence electrons. The predicted octanol–water partition coefficient (Wildman–Crippen LogP) is 2.57. The number of fused-ring (bicyclic) bond motifs is 1. The van der Waals surface area contributed by atoms with Gasteiger partial charge in [-0.2, -0.15) is 17.5 Å². The zero-order chi connectivity index (χ0) is 19.8. The Morgan fingerprint density at radius 3 is 2.41 bits per heavy atom. The van der Waals surface area contributed by atoms with Crippen molar-refractivity contribution in [3.63, 3.8) is 0 Å². The number of carbonyl (C=O) groups excluding carboxylic acids is 1. The smallest absolute Gasteiger partial charge is 0.358 e. The Morgan fingerprint density at radius 1 is 1.11 bits per heavy atom. The molecule has 0 saturated heterocycles. The van der Waals surface area contributed by atoms with Crippen LogP contribution in [0, 0.1) is 0 Å². The molecule has 0 aliphatic carbocycles. The lowest BCUT2D eigenvalue weighted by molar-refractivity contribution is -0.137. The molecule has 0 bridgehead atoms. The first-order valence-electron chi connectivity index (χ1n) is 8.12. The van der Waals surface area contributed by atoms with Crippen molar-refractivity contribution in [3.05, 3.63) is 65.2 Å². The van der Waals surface area contributed by atoms with E-state index in [1.54, 1.807) is 24.3 Å². The van der Waals surface area contributed by atoms with Crippen molar-refractivity contribution in [2.24, 2.45) is 0 Å². The molecule has 0 unspecified atom stereocenters. The van der Waals surface area contributed by atoms with Crippen molar-refractivity contribution >= 4 is 15.9 Å². The Morgan fingerprint density at radius 2 is 1.78 bits per heavy atom. The van der Waals surface area contributed by atoms with Gasteiger partial charge in [-0.05, 0) is 35.7 Å². The molecule has 0 spiro atoms. The zero-order valence-electron chi connectivity index (χ0n) is 14.3. The van der Waals surface area contributed by atoms with Gasteiger partial charge in [-0.1, -0.05) is 30.3 Å². The second kappa shape index (κ2) is 6.97. The highest BCUT2D eigenvalue weighted by Crippen LogP contribution is 2.33. The molecule has 3 rings (SSSR count). The van der Waals surface area contributed by atoms with E-state index in [0.29, 0.717) is 11.6 Å². The molecule has 0 radical (unpaired) electrons. The molecular weight excluding hydrogens is 381 g/mol. The van der Waals surface area contributed by atoms with Crippen molar-refractivity contribution < 1.29 is 26.4 Å². The average molecular weight is 398 g/mol. The first-order chi connectivity index (χ1) is 12.6. The zero-order valence-corrected chi connectivity index (χ0v) is 15.1. The van der Waals surface area contributed by atoms with Crippen molar-refractivity contribution in [1.29, 1.82) is 0 Å². The highest BCUT2D eigenvalue weighted by atomic mass is 32.2. The number of nitrogens with one attached hydrogen (secondary N) is 1. The van der Waals surface area contributed by atoms with Gasteiger partial charge in [0.1, 0.15) is 6.04 Å². The summed E-state index contributed by atoms with van der Waals surface area (Å²) in [5.74, 6) is -0.514. The molecule has 1 heterocycles. The quantitative estimate of drug-likeness (QED) is 0.864. The third-order valence-electron chi connectivity index (χ3n) is 4.52. The van der Waals surface area contributed by atoms with Gasteiger partial charge in [-0.15, -0.1) is 0 Å². The van der Waals surface area contributed by atoms with Crippen LogP contribution in [-0.4, -0.2) is 31.7 Å². The molecule has 5 nitrogen and oxygen atoms in total. The molecule has 2 aromatic rings. The minimum Gasteiger partial charge on any atom is -0.358 e. The molecule has 0 aromatic heterocycles. The highest BCUT2D eigenvalue weighted by Gasteiger charge is 2.40. The molecule has 1 aliphatic heterocycles. The van der Waals surface area contributed by atoms with Gasteiger partial charge in [0.2, 0.25) is 15.9 Å². The van der Waals surface area contributed by atoms with E-state index in [2.05, 4.69) is 5.32 Å². The summed E-state index contributed by atoms with van der Waals surface area (Å²) in [6, 6.07) is 9.59. The van der Waals surface area contributed by atoms with Crippen LogP contribution in [0.3, 0.4) is 0 Å². The van der Waals surface area contributed by atoms with Crippen LogP contribution in [0.4, 0.5) is 13.2 Å². The molecule has 0 fully saturated rings. The van der Waals surface area contributed by atoms with E-state index in [1.807, 2.05) is 0 Å². The van der Waals surface area contributed by atoms with Crippen molar-refractivity contribution in [2.75, 3.05) is 7.05 Å².